The molecule has 2 aromatic carbocycles. The average Bonchev–Trinajstić information content (AvgIpc) is 3.36. The summed E-state index contributed by atoms with van der Waals surface area (Å²) < 4.78 is 11.6. The number of aromatic nitrogens is 2. The van der Waals surface area contributed by atoms with Crippen LogP contribution >= 0.6 is 0 Å². The molecule has 1 aliphatic heterocycles. The number of methoxy groups -OCH3 is 1. The number of fused-ring (bicyclic) bond motifs is 1. The number of rotatable bonds is 10. The summed E-state index contributed by atoms with van der Waals surface area (Å²) in [4.78, 5) is 14.9. The number of aromatic amines is 1. The molecule has 1 amide bonds. The summed E-state index contributed by atoms with van der Waals surface area (Å²) in [5.41, 5.74) is 4.73. The van der Waals surface area contributed by atoms with Crippen molar-refractivity contribution < 1.29 is 24.5 Å². The fourth-order valence-corrected chi connectivity index (χ4v) is 4.83. The lowest BCUT2D eigenvalue weighted by Gasteiger charge is -2.26. The lowest BCUT2D eigenvalue weighted by Crippen LogP contribution is -2.32. The summed E-state index contributed by atoms with van der Waals surface area (Å²) in [5, 5.41) is 27.8. The lowest BCUT2D eigenvalue weighted by atomic mass is 9.93. The fourth-order valence-electron chi connectivity index (χ4n) is 4.83. The van der Waals surface area contributed by atoms with Crippen molar-refractivity contribution in [1.29, 1.82) is 0 Å². The summed E-state index contributed by atoms with van der Waals surface area (Å²) in [6.07, 6.45) is 3.17. The van der Waals surface area contributed by atoms with Gasteiger partial charge in [-0.05, 0) is 55.2 Å². The first-order chi connectivity index (χ1) is 16.9. The minimum absolute atomic E-state index is 0.108. The molecule has 1 atom stereocenters. The van der Waals surface area contributed by atoms with E-state index in [2.05, 4.69) is 17.1 Å². The highest BCUT2D eigenvalue weighted by molar-refractivity contribution is 6.00. The number of aliphatic hydroxyl groups is 1. The zero-order valence-electron chi connectivity index (χ0n) is 20.7. The molecule has 35 heavy (non-hydrogen) atoms. The van der Waals surface area contributed by atoms with E-state index in [0.717, 1.165) is 36.0 Å². The molecule has 0 saturated carbocycles. The largest absolute Gasteiger partial charge is 0.507 e. The van der Waals surface area contributed by atoms with E-state index in [0.29, 0.717) is 40.6 Å². The molecule has 1 aromatic heterocycles. The van der Waals surface area contributed by atoms with Crippen LogP contribution in [0.25, 0.3) is 11.3 Å². The standard InChI is InChI=1S/C27H33N3O5/c1-5-6-7-12-35-20-9-8-18(15-21(20)34-4)26-23-24(22-17(3)13-16(2)14-19(22)32)28-29-25(23)27(33)30(26)10-11-31/h8-9,13-15,26,31-32H,5-7,10-12H2,1-4H3,(H,28,29)/t26-/m1/s1. The van der Waals surface area contributed by atoms with Crippen molar-refractivity contribution in [2.75, 3.05) is 26.9 Å². The smallest absolute Gasteiger partial charge is 0.273 e. The first-order valence-electron chi connectivity index (χ1n) is 12.0. The second-order valence-corrected chi connectivity index (χ2v) is 8.93. The van der Waals surface area contributed by atoms with Crippen molar-refractivity contribution in [3.8, 4) is 28.5 Å². The van der Waals surface area contributed by atoms with Crippen LogP contribution in [0.5, 0.6) is 17.2 Å². The van der Waals surface area contributed by atoms with Crippen LogP contribution in [-0.4, -0.2) is 58.1 Å². The molecule has 0 bridgehead atoms. The number of ether oxygens (including phenoxy) is 2. The molecular formula is C27H33N3O5. The molecule has 4 rings (SSSR count). The number of nitrogens with one attached hydrogen (secondary N) is 1. The first-order valence-corrected chi connectivity index (χ1v) is 12.0. The number of nitrogens with zero attached hydrogens (tertiary/aromatic N) is 2. The van der Waals surface area contributed by atoms with Crippen molar-refractivity contribution in [2.24, 2.45) is 0 Å². The van der Waals surface area contributed by atoms with Crippen LogP contribution in [0.1, 0.15) is 65.0 Å². The normalized spacial score (nSPS) is 14.9. The van der Waals surface area contributed by atoms with Crippen molar-refractivity contribution >= 4 is 5.91 Å². The molecule has 0 saturated heterocycles. The van der Waals surface area contributed by atoms with E-state index >= 15 is 0 Å². The number of β-amino-alcohol motifs (C(OH)–C–C–N with tert-alkyl or cyclic N) is 1. The van der Waals surface area contributed by atoms with Crippen LogP contribution < -0.4 is 9.47 Å². The number of phenolic OH excluding ortho intramolecular Hbond substituents is 1. The molecule has 0 unspecified atom stereocenters. The van der Waals surface area contributed by atoms with Crippen molar-refractivity contribution in [3.63, 3.8) is 0 Å². The van der Waals surface area contributed by atoms with Gasteiger partial charge in [0.25, 0.3) is 5.91 Å². The molecule has 0 fully saturated rings. The Morgan fingerprint density at radius 1 is 1.14 bits per heavy atom. The topological polar surface area (TPSA) is 108 Å². The van der Waals surface area contributed by atoms with Gasteiger partial charge in [0, 0.05) is 17.7 Å². The zero-order valence-corrected chi connectivity index (χ0v) is 20.7. The Balaban J connectivity index is 1.80. The maximum absolute atomic E-state index is 13.3. The number of benzene rings is 2. The van der Waals surface area contributed by atoms with Crippen LogP contribution in [0, 0.1) is 13.8 Å². The Morgan fingerprint density at radius 3 is 2.63 bits per heavy atom. The third-order valence-electron chi connectivity index (χ3n) is 6.41. The minimum Gasteiger partial charge on any atom is -0.507 e. The number of amides is 1. The Bertz CT molecular complexity index is 1200. The molecule has 2 heterocycles. The Kier molecular flexibility index (Phi) is 7.31. The number of carbonyl (C=O) groups is 1. The summed E-state index contributed by atoms with van der Waals surface area (Å²) in [6, 6.07) is 8.78. The van der Waals surface area contributed by atoms with E-state index < -0.39 is 6.04 Å². The summed E-state index contributed by atoms with van der Waals surface area (Å²) in [6.45, 7) is 6.55. The van der Waals surface area contributed by atoms with E-state index in [1.54, 1.807) is 18.1 Å². The van der Waals surface area contributed by atoms with Gasteiger partial charge in [0.05, 0.1) is 26.4 Å². The van der Waals surface area contributed by atoms with Gasteiger partial charge in [0.1, 0.15) is 17.1 Å². The number of unbranched alkanes of at least 4 members (excludes halogenated alkanes) is 2. The number of hydrogen-bond acceptors (Lipinski definition) is 6. The zero-order chi connectivity index (χ0) is 25.1. The van der Waals surface area contributed by atoms with Crippen LogP contribution in [0.3, 0.4) is 0 Å². The van der Waals surface area contributed by atoms with Gasteiger partial charge in [0.15, 0.2) is 11.5 Å². The molecule has 8 heteroatoms. The van der Waals surface area contributed by atoms with Gasteiger partial charge >= 0.3 is 0 Å². The second-order valence-electron chi connectivity index (χ2n) is 8.93. The molecule has 0 spiro atoms. The highest BCUT2D eigenvalue weighted by atomic mass is 16.5. The van der Waals surface area contributed by atoms with E-state index in [1.807, 2.05) is 38.1 Å². The first kappa shape index (κ1) is 24.6. The minimum atomic E-state index is -0.512. The second kappa shape index (κ2) is 10.4. The third-order valence-corrected chi connectivity index (χ3v) is 6.41. The highest BCUT2D eigenvalue weighted by Gasteiger charge is 2.42. The Hall–Kier alpha value is -3.52. The molecule has 1 aliphatic rings. The Morgan fingerprint density at radius 2 is 1.94 bits per heavy atom. The van der Waals surface area contributed by atoms with Crippen LogP contribution in [0.4, 0.5) is 0 Å². The van der Waals surface area contributed by atoms with Crippen molar-refractivity contribution in [3.05, 3.63) is 58.3 Å². The summed E-state index contributed by atoms with van der Waals surface area (Å²) in [7, 11) is 1.59. The maximum atomic E-state index is 13.3. The number of phenols is 1. The third kappa shape index (κ3) is 4.58. The van der Waals surface area contributed by atoms with Crippen molar-refractivity contribution in [1.82, 2.24) is 15.1 Å². The average molecular weight is 480 g/mol. The molecule has 186 valence electrons. The highest BCUT2D eigenvalue weighted by Crippen LogP contribution is 2.46. The molecule has 8 nitrogen and oxygen atoms in total. The van der Waals surface area contributed by atoms with Gasteiger partial charge in [-0.3, -0.25) is 9.89 Å². The van der Waals surface area contributed by atoms with Gasteiger partial charge in [-0.2, -0.15) is 5.10 Å². The quantitative estimate of drug-likeness (QED) is 0.369. The molecule has 0 radical (unpaired) electrons. The van der Waals surface area contributed by atoms with Gasteiger partial charge in [-0.1, -0.05) is 31.9 Å². The Labute approximate surface area is 205 Å². The van der Waals surface area contributed by atoms with E-state index in [1.165, 1.54) is 0 Å². The van der Waals surface area contributed by atoms with Gasteiger partial charge in [-0.15, -0.1) is 0 Å². The summed E-state index contributed by atoms with van der Waals surface area (Å²) in [5.74, 6) is 1.08. The molecule has 3 N–H and O–H groups in total. The number of H-pyrrole nitrogens is 1. The molecular weight excluding hydrogens is 446 g/mol. The number of aliphatic hydroxyl groups excluding tert-OH is 1. The SMILES string of the molecule is CCCCCOc1ccc([C@@H]2c3c(-c4c(C)cc(C)cc4O)n[nH]c3C(=O)N2CCO)cc1OC. The van der Waals surface area contributed by atoms with Gasteiger partial charge < -0.3 is 24.6 Å². The van der Waals surface area contributed by atoms with Crippen LogP contribution in [0.15, 0.2) is 30.3 Å². The molecule has 3 aromatic rings. The lowest BCUT2D eigenvalue weighted by molar-refractivity contribution is 0.0706. The summed E-state index contributed by atoms with van der Waals surface area (Å²) >= 11 is 0. The van der Waals surface area contributed by atoms with Crippen LogP contribution in [-0.2, 0) is 0 Å². The number of carbonyl (C=O) groups excluding carboxylic acids is 1. The van der Waals surface area contributed by atoms with Gasteiger partial charge in [0.2, 0.25) is 0 Å². The monoisotopic (exact) mass is 479 g/mol. The number of aromatic hydroxyl groups is 1. The van der Waals surface area contributed by atoms with Crippen molar-refractivity contribution in [2.45, 2.75) is 46.1 Å². The van der Waals surface area contributed by atoms with E-state index in [4.69, 9.17) is 9.47 Å². The van der Waals surface area contributed by atoms with E-state index in [9.17, 15) is 15.0 Å². The fraction of sp³-hybridized carbons (Fsp3) is 0.407. The van der Waals surface area contributed by atoms with E-state index in [-0.39, 0.29) is 24.8 Å². The number of hydrogen-bond donors (Lipinski definition) is 3. The predicted molar refractivity (Wildman–Crippen MR) is 133 cm³/mol. The van der Waals surface area contributed by atoms with Gasteiger partial charge in [-0.25, -0.2) is 0 Å². The molecule has 0 aliphatic carbocycles. The van der Waals surface area contributed by atoms with Crippen LogP contribution in [0.2, 0.25) is 0 Å². The number of aryl methyl sites for hydroxylation is 2. The maximum Gasteiger partial charge on any atom is 0.273 e. The predicted octanol–water partition coefficient (Wildman–Crippen LogP) is 4.51.